The fourth-order valence-corrected chi connectivity index (χ4v) is 0.948. The Labute approximate surface area is 76.5 Å². The standard InChI is InChI=1S/C8H12N4O/c1-12(8(13)11-9)6-7-3-2-4-10-5-7/h2-5H,6,9H2,1H3,(H,11,13). The Morgan fingerprint density at radius 3 is 3.08 bits per heavy atom. The maximum atomic E-state index is 11.0. The van der Waals surface area contributed by atoms with Crippen molar-refractivity contribution in [3.8, 4) is 0 Å². The normalized spacial score (nSPS) is 9.38. The van der Waals surface area contributed by atoms with Crippen LogP contribution in [0.4, 0.5) is 4.79 Å². The summed E-state index contributed by atoms with van der Waals surface area (Å²) in [5, 5.41) is 0. The van der Waals surface area contributed by atoms with Crippen LogP contribution in [0.2, 0.25) is 0 Å². The van der Waals surface area contributed by atoms with E-state index in [9.17, 15) is 4.79 Å². The minimum atomic E-state index is -0.316. The molecule has 0 radical (unpaired) electrons. The number of hydrogen-bond acceptors (Lipinski definition) is 3. The van der Waals surface area contributed by atoms with Crippen molar-refractivity contribution in [1.29, 1.82) is 0 Å². The number of nitrogens with zero attached hydrogens (tertiary/aromatic N) is 2. The molecule has 0 bridgehead atoms. The maximum absolute atomic E-state index is 11.0. The molecule has 1 heterocycles. The monoisotopic (exact) mass is 180 g/mol. The van der Waals surface area contributed by atoms with E-state index in [2.05, 4.69) is 10.4 Å². The number of nitrogens with two attached hydrogens (primary N) is 1. The van der Waals surface area contributed by atoms with Crippen LogP contribution in [0.3, 0.4) is 0 Å². The van der Waals surface area contributed by atoms with Crippen LogP contribution in [-0.2, 0) is 6.54 Å². The highest BCUT2D eigenvalue weighted by Gasteiger charge is 2.05. The topological polar surface area (TPSA) is 71.2 Å². The van der Waals surface area contributed by atoms with E-state index in [1.54, 1.807) is 19.4 Å². The van der Waals surface area contributed by atoms with Crippen molar-refractivity contribution in [3.05, 3.63) is 30.1 Å². The molecule has 1 rings (SSSR count). The maximum Gasteiger partial charge on any atom is 0.331 e. The number of urea groups is 1. The van der Waals surface area contributed by atoms with Crippen LogP contribution < -0.4 is 11.3 Å². The SMILES string of the molecule is CN(Cc1cccnc1)C(=O)NN. The molecule has 0 spiro atoms. The summed E-state index contributed by atoms with van der Waals surface area (Å²) >= 11 is 0. The first kappa shape index (κ1) is 9.47. The van der Waals surface area contributed by atoms with Crippen molar-refractivity contribution in [2.24, 2.45) is 5.84 Å². The Kier molecular flexibility index (Phi) is 3.22. The second kappa shape index (κ2) is 4.42. The van der Waals surface area contributed by atoms with E-state index >= 15 is 0 Å². The molecule has 0 fully saturated rings. The Morgan fingerprint density at radius 2 is 2.54 bits per heavy atom. The quantitative estimate of drug-likeness (QED) is 0.385. The molecule has 0 aliphatic carbocycles. The molecule has 0 aliphatic rings. The molecule has 1 aromatic rings. The van der Waals surface area contributed by atoms with Gasteiger partial charge in [0.2, 0.25) is 0 Å². The van der Waals surface area contributed by atoms with Gasteiger partial charge in [-0.1, -0.05) is 6.07 Å². The van der Waals surface area contributed by atoms with Gasteiger partial charge in [-0.05, 0) is 11.6 Å². The van der Waals surface area contributed by atoms with Gasteiger partial charge in [0.1, 0.15) is 0 Å². The largest absolute Gasteiger partial charge is 0.331 e. The van der Waals surface area contributed by atoms with Gasteiger partial charge in [0.25, 0.3) is 0 Å². The van der Waals surface area contributed by atoms with Crippen LogP contribution >= 0.6 is 0 Å². The summed E-state index contributed by atoms with van der Waals surface area (Å²) in [4.78, 5) is 16.4. The molecular weight excluding hydrogens is 168 g/mol. The molecule has 5 nitrogen and oxygen atoms in total. The van der Waals surface area contributed by atoms with E-state index in [-0.39, 0.29) is 6.03 Å². The van der Waals surface area contributed by atoms with Crippen LogP contribution in [0.5, 0.6) is 0 Å². The number of pyridine rings is 1. The van der Waals surface area contributed by atoms with Crippen molar-refractivity contribution < 1.29 is 4.79 Å². The lowest BCUT2D eigenvalue weighted by molar-refractivity contribution is 0.207. The van der Waals surface area contributed by atoms with Crippen molar-refractivity contribution in [3.63, 3.8) is 0 Å². The number of hydrazine groups is 1. The predicted molar refractivity (Wildman–Crippen MR) is 48.4 cm³/mol. The molecule has 0 aliphatic heterocycles. The molecule has 70 valence electrons. The predicted octanol–water partition coefficient (Wildman–Crippen LogP) is 0.0967. The zero-order valence-corrected chi connectivity index (χ0v) is 7.40. The molecule has 1 aromatic heterocycles. The highest BCUT2D eigenvalue weighted by molar-refractivity contribution is 5.73. The van der Waals surface area contributed by atoms with Crippen LogP contribution in [0.1, 0.15) is 5.56 Å². The third-order valence-corrected chi connectivity index (χ3v) is 1.61. The first-order valence-electron chi connectivity index (χ1n) is 3.84. The number of carbonyl (C=O) groups excluding carboxylic acids is 1. The summed E-state index contributed by atoms with van der Waals surface area (Å²) in [5.74, 6) is 4.97. The zero-order chi connectivity index (χ0) is 9.68. The van der Waals surface area contributed by atoms with Gasteiger partial charge in [-0.15, -0.1) is 0 Å². The van der Waals surface area contributed by atoms with Crippen LogP contribution in [0, 0.1) is 0 Å². The molecule has 3 N–H and O–H groups in total. The molecule has 5 heteroatoms. The van der Waals surface area contributed by atoms with Gasteiger partial charge in [0.15, 0.2) is 0 Å². The zero-order valence-electron chi connectivity index (χ0n) is 7.40. The van der Waals surface area contributed by atoms with E-state index in [1.165, 1.54) is 4.90 Å². The molecule has 2 amide bonds. The minimum absolute atomic E-state index is 0.316. The molecule has 0 atom stereocenters. The van der Waals surface area contributed by atoms with Gasteiger partial charge in [0, 0.05) is 26.0 Å². The number of amides is 2. The summed E-state index contributed by atoms with van der Waals surface area (Å²) in [6, 6.07) is 3.40. The minimum Gasteiger partial charge on any atom is -0.322 e. The smallest absolute Gasteiger partial charge is 0.322 e. The van der Waals surface area contributed by atoms with E-state index < -0.39 is 0 Å². The number of rotatable bonds is 2. The summed E-state index contributed by atoms with van der Waals surface area (Å²) in [5.41, 5.74) is 3.02. The lowest BCUT2D eigenvalue weighted by atomic mass is 10.3. The fourth-order valence-electron chi connectivity index (χ4n) is 0.948. The van der Waals surface area contributed by atoms with Crippen molar-refractivity contribution in [2.45, 2.75) is 6.54 Å². The Hall–Kier alpha value is -1.62. The van der Waals surface area contributed by atoms with Gasteiger partial charge in [0.05, 0.1) is 0 Å². The van der Waals surface area contributed by atoms with Crippen LogP contribution in [0.25, 0.3) is 0 Å². The summed E-state index contributed by atoms with van der Waals surface area (Å²) in [7, 11) is 1.66. The third kappa shape index (κ3) is 2.72. The van der Waals surface area contributed by atoms with Crippen molar-refractivity contribution in [2.75, 3.05) is 7.05 Å². The highest BCUT2D eigenvalue weighted by Crippen LogP contribution is 1.99. The second-order valence-electron chi connectivity index (χ2n) is 2.67. The lowest BCUT2D eigenvalue weighted by Crippen LogP contribution is -2.40. The van der Waals surface area contributed by atoms with Crippen molar-refractivity contribution >= 4 is 6.03 Å². The fraction of sp³-hybridized carbons (Fsp3) is 0.250. The van der Waals surface area contributed by atoms with Gasteiger partial charge in [-0.2, -0.15) is 0 Å². The van der Waals surface area contributed by atoms with E-state index in [0.717, 1.165) is 5.56 Å². The molecule has 0 saturated carbocycles. The number of nitrogens with one attached hydrogen (secondary N) is 1. The Balaban J connectivity index is 2.55. The van der Waals surface area contributed by atoms with Crippen molar-refractivity contribution in [1.82, 2.24) is 15.3 Å². The molecule has 13 heavy (non-hydrogen) atoms. The molecular formula is C8H12N4O. The highest BCUT2D eigenvalue weighted by atomic mass is 16.2. The second-order valence-corrected chi connectivity index (χ2v) is 2.67. The first-order valence-corrected chi connectivity index (χ1v) is 3.84. The average molecular weight is 180 g/mol. The number of carbonyl (C=O) groups is 1. The summed E-state index contributed by atoms with van der Waals surface area (Å²) in [6.07, 6.45) is 3.40. The van der Waals surface area contributed by atoms with E-state index in [4.69, 9.17) is 5.84 Å². The first-order chi connectivity index (χ1) is 6.24. The van der Waals surface area contributed by atoms with Gasteiger partial charge in [-0.25, -0.2) is 10.6 Å². The molecule has 0 aromatic carbocycles. The Morgan fingerprint density at radius 1 is 1.77 bits per heavy atom. The summed E-state index contributed by atoms with van der Waals surface area (Å²) in [6.45, 7) is 0.497. The number of aromatic nitrogens is 1. The van der Waals surface area contributed by atoms with Crippen LogP contribution in [-0.4, -0.2) is 23.0 Å². The van der Waals surface area contributed by atoms with Gasteiger partial charge >= 0.3 is 6.03 Å². The summed E-state index contributed by atoms with van der Waals surface area (Å²) < 4.78 is 0. The van der Waals surface area contributed by atoms with E-state index in [0.29, 0.717) is 6.54 Å². The third-order valence-electron chi connectivity index (χ3n) is 1.61. The molecule has 0 unspecified atom stereocenters. The average Bonchev–Trinajstić information content (AvgIpc) is 2.18. The van der Waals surface area contributed by atoms with Crippen LogP contribution in [0.15, 0.2) is 24.5 Å². The van der Waals surface area contributed by atoms with E-state index in [1.807, 2.05) is 12.1 Å². The molecule has 0 saturated heterocycles. The van der Waals surface area contributed by atoms with Gasteiger partial charge in [-0.3, -0.25) is 10.4 Å². The Bertz CT molecular complexity index is 275. The number of hydrogen-bond donors (Lipinski definition) is 2. The lowest BCUT2D eigenvalue weighted by Gasteiger charge is -2.15. The van der Waals surface area contributed by atoms with Gasteiger partial charge < -0.3 is 4.90 Å².